The molecule has 0 fully saturated rings. The molecule has 0 bridgehead atoms. The summed E-state index contributed by atoms with van der Waals surface area (Å²) in [5.74, 6) is 1.81. The molecular weight excluding hydrogens is 516 g/mol. The van der Waals surface area contributed by atoms with Crippen molar-refractivity contribution < 1.29 is 19.0 Å². The number of carbonyl (C=O) groups excluding carboxylic acids is 1. The average molecular weight is 559 g/mol. The van der Waals surface area contributed by atoms with Crippen LogP contribution in [-0.2, 0) is 29.0 Å². The van der Waals surface area contributed by atoms with E-state index < -0.39 is 0 Å². The summed E-state index contributed by atoms with van der Waals surface area (Å²) < 4.78 is 19.2. The highest BCUT2D eigenvalue weighted by Gasteiger charge is 2.12. The lowest BCUT2D eigenvalue weighted by molar-refractivity contribution is -0.129. The minimum Gasteiger partial charge on any atom is -0.494 e. The fraction of sp³-hybridized carbons (Fsp3) is 0.424. The summed E-state index contributed by atoms with van der Waals surface area (Å²) in [6.07, 6.45) is 11.9. The largest absolute Gasteiger partial charge is 0.494 e. The van der Waals surface area contributed by atoms with Gasteiger partial charge in [0.25, 0.3) is 0 Å². The summed E-state index contributed by atoms with van der Waals surface area (Å²) in [7, 11) is 0. The number of allylic oxidation sites excluding steroid dienone is 3. The Morgan fingerprint density at radius 2 is 1.71 bits per heavy atom. The van der Waals surface area contributed by atoms with Gasteiger partial charge in [-0.15, -0.1) is 5.10 Å². The maximum absolute atomic E-state index is 12.1. The van der Waals surface area contributed by atoms with E-state index in [1.807, 2.05) is 58.3 Å². The molecule has 8 nitrogen and oxygen atoms in total. The number of aromatic nitrogens is 3. The van der Waals surface area contributed by atoms with Crippen molar-refractivity contribution in [3.63, 3.8) is 0 Å². The third-order valence-electron chi connectivity index (χ3n) is 6.82. The number of rotatable bonds is 17. The molecule has 4 rings (SSSR count). The van der Waals surface area contributed by atoms with E-state index in [2.05, 4.69) is 42.4 Å². The molecule has 0 radical (unpaired) electrons. The van der Waals surface area contributed by atoms with E-state index in [1.54, 1.807) is 6.92 Å². The first-order chi connectivity index (χ1) is 19.9. The lowest BCUT2D eigenvalue weighted by Gasteiger charge is -2.22. The van der Waals surface area contributed by atoms with Crippen LogP contribution in [0.1, 0.15) is 48.6 Å². The Morgan fingerprint density at radius 1 is 0.927 bits per heavy atom. The van der Waals surface area contributed by atoms with Crippen LogP contribution in [0.5, 0.6) is 11.5 Å². The first-order valence-electron chi connectivity index (χ1n) is 14.4. The molecule has 8 heteroatoms. The topological polar surface area (TPSA) is 78.7 Å². The highest BCUT2D eigenvalue weighted by atomic mass is 16.5. The van der Waals surface area contributed by atoms with Crippen LogP contribution in [-0.4, -0.2) is 58.8 Å². The standard InChI is InChI=1S/C33H42N4O4/c1-26-20-27(2)22-33(21-26)41-19-18-39-17-15-37-25-31(34-35-37)10-6-7-16-40-32-13-11-30(12-14-32)24-36(28(3)38)23-29-8-4-5-9-29/h4-5,8,11-14,20-22,25H,6-7,9-10,15-19,23-24H2,1-3H3. The van der Waals surface area contributed by atoms with Crippen molar-refractivity contribution in [3.8, 4) is 11.5 Å². The Balaban J connectivity index is 1.05. The summed E-state index contributed by atoms with van der Waals surface area (Å²) in [5.41, 5.74) is 5.73. The molecular formula is C33H42N4O4. The van der Waals surface area contributed by atoms with Crippen molar-refractivity contribution in [2.75, 3.05) is 33.0 Å². The third-order valence-corrected chi connectivity index (χ3v) is 6.82. The van der Waals surface area contributed by atoms with Crippen LogP contribution in [0.15, 0.2) is 72.5 Å². The van der Waals surface area contributed by atoms with Gasteiger partial charge < -0.3 is 19.1 Å². The molecule has 1 aliphatic carbocycles. The monoisotopic (exact) mass is 558 g/mol. The zero-order chi connectivity index (χ0) is 28.9. The van der Waals surface area contributed by atoms with Gasteiger partial charge in [0.05, 0.1) is 32.1 Å². The minimum absolute atomic E-state index is 0.0845. The molecule has 0 saturated heterocycles. The highest BCUT2D eigenvalue weighted by Crippen LogP contribution is 2.18. The molecule has 0 saturated carbocycles. The molecule has 2 aromatic carbocycles. The number of hydrogen-bond donors (Lipinski definition) is 0. The number of hydrogen-bond acceptors (Lipinski definition) is 6. The minimum atomic E-state index is 0.0845. The van der Waals surface area contributed by atoms with Crippen molar-refractivity contribution in [3.05, 3.63) is 94.8 Å². The molecule has 1 heterocycles. The summed E-state index contributed by atoms with van der Waals surface area (Å²) in [6.45, 7) is 9.96. The smallest absolute Gasteiger partial charge is 0.220 e. The number of ether oxygens (including phenoxy) is 3. The Labute approximate surface area is 243 Å². The Bertz CT molecular complexity index is 1290. The molecule has 41 heavy (non-hydrogen) atoms. The zero-order valence-corrected chi connectivity index (χ0v) is 24.6. The number of unbranched alkanes of at least 4 members (excludes halogenated alkanes) is 1. The van der Waals surface area contributed by atoms with Gasteiger partial charge in [0.1, 0.15) is 18.1 Å². The molecule has 1 amide bonds. The van der Waals surface area contributed by atoms with E-state index in [4.69, 9.17) is 14.2 Å². The first kappa shape index (κ1) is 30.1. The van der Waals surface area contributed by atoms with E-state index >= 15 is 0 Å². The molecule has 3 aromatic rings. The summed E-state index contributed by atoms with van der Waals surface area (Å²) in [6, 6.07) is 14.2. The van der Waals surface area contributed by atoms with Crippen LogP contribution in [0.2, 0.25) is 0 Å². The molecule has 218 valence electrons. The second-order valence-electron chi connectivity index (χ2n) is 10.5. The number of aryl methyl sites for hydroxylation is 3. The van der Waals surface area contributed by atoms with E-state index in [9.17, 15) is 4.79 Å². The van der Waals surface area contributed by atoms with Crippen LogP contribution < -0.4 is 9.47 Å². The van der Waals surface area contributed by atoms with Gasteiger partial charge in [-0.3, -0.25) is 4.79 Å². The Kier molecular flexibility index (Phi) is 11.6. The molecule has 0 aliphatic heterocycles. The average Bonchev–Trinajstić information content (AvgIpc) is 3.63. The third kappa shape index (κ3) is 10.5. The maximum Gasteiger partial charge on any atom is 0.220 e. The summed E-state index contributed by atoms with van der Waals surface area (Å²) in [4.78, 5) is 14.0. The number of nitrogens with zero attached hydrogens (tertiary/aromatic N) is 4. The molecule has 0 N–H and O–H groups in total. The van der Waals surface area contributed by atoms with Crippen LogP contribution in [0.25, 0.3) is 0 Å². The fourth-order valence-electron chi connectivity index (χ4n) is 4.70. The van der Waals surface area contributed by atoms with Crippen molar-refractivity contribution >= 4 is 5.91 Å². The van der Waals surface area contributed by atoms with Crippen LogP contribution in [0.4, 0.5) is 0 Å². The lowest BCUT2D eigenvalue weighted by Crippen LogP contribution is -2.30. The van der Waals surface area contributed by atoms with Crippen LogP contribution >= 0.6 is 0 Å². The van der Waals surface area contributed by atoms with Gasteiger partial charge in [0, 0.05) is 26.2 Å². The predicted octanol–water partition coefficient (Wildman–Crippen LogP) is 5.63. The van der Waals surface area contributed by atoms with Gasteiger partial charge in [-0.05, 0) is 86.1 Å². The molecule has 1 aliphatic rings. The lowest BCUT2D eigenvalue weighted by atomic mass is 10.1. The van der Waals surface area contributed by atoms with E-state index in [0.29, 0.717) is 46.1 Å². The number of carbonyl (C=O) groups is 1. The molecule has 1 aromatic heterocycles. The van der Waals surface area contributed by atoms with Gasteiger partial charge in [-0.1, -0.05) is 41.6 Å². The second kappa shape index (κ2) is 15.8. The van der Waals surface area contributed by atoms with Gasteiger partial charge in [0.2, 0.25) is 5.91 Å². The van der Waals surface area contributed by atoms with Gasteiger partial charge in [-0.2, -0.15) is 0 Å². The van der Waals surface area contributed by atoms with Crippen molar-refractivity contribution in [2.45, 2.75) is 59.5 Å². The zero-order valence-electron chi connectivity index (χ0n) is 24.6. The van der Waals surface area contributed by atoms with E-state index in [1.165, 1.54) is 16.7 Å². The van der Waals surface area contributed by atoms with Crippen molar-refractivity contribution in [2.24, 2.45) is 0 Å². The Morgan fingerprint density at radius 3 is 2.44 bits per heavy atom. The van der Waals surface area contributed by atoms with E-state index in [0.717, 1.165) is 48.4 Å². The fourth-order valence-corrected chi connectivity index (χ4v) is 4.70. The van der Waals surface area contributed by atoms with Gasteiger partial charge >= 0.3 is 0 Å². The van der Waals surface area contributed by atoms with Gasteiger partial charge in [-0.25, -0.2) is 4.68 Å². The maximum atomic E-state index is 12.1. The SMILES string of the molecule is CC(=O)N(CC1=CC=CC1)Cc1ccc(OCCCCc2cn(CCOCCOc3cc(C)cc(C)c3)nn2)cc1. The summed E-state index contributed by atoms with van der Waals surface area (Å²) >= 11 is 0. The van der Waals surface area contributed by atoms with Crippen LogP contribution in [0.3, 0.4) is 0 Å². The Hall–Kier alpha value is -3.91. The van der Waals surface area contributed by atoms with Crippen LogP contribution in [0, 0.1) is 13.8 Å². The quantitative estimate of drug-likeness (QED) is 0.200. The van der Waals surface area contributed by atoms with Crippen molar-refractivity contribution in [1.29, 1.82) is 0 Å². The highest BCUT2D eigenvalue weighted by molar-refractivity contribution is 5.73. The first-order valence-corrected chi connectivity index (χ1v) is 14.4. The normalized spacial score (nSPS) is 12.4. The summed E-state index contributed by atoms with van der Waals surface area (Å²) in [5, 5.41) is 8.49. The second-order valence-corrected chi connectivity index (χ2v) is 10.5. The van der Waals surface area contributed by atoms with Gasteiger partial charge in [0.15, 0.2) is 0 Å². The molecule has 0 unspecified atom stereocenters. The van der Waals surface area contributed by atoms with Crippen molar-refractivity contribution in [1.82, 2.24) is 19.9 Å². The molecule has 0 spiro atoms. The molecule has 0 atom stereocenters. The van der Waals surface area contributed by atoms with E-state index in [-0.39, 0.29) is 5.91 Å². The number of benzene rings is 2. The predicted molar refractivity (Wildman–Crippen MR) is 160 cm³/mol. The number of amides is 1.